The first-order valence-electron chi connectivity index (χ1n) is 6.37. The van der Waals surface area contributed by atoms with Gasteiger partial charge in [-0.05, 0) is 31.2 Å². The van der Waals surface area contributed by atoms with Gasteiger partial charge in [-0.25, -0.2) is 0 Å². The Bertz CT molecular complexity index is 176. The summed E-state index contributed by atoms with van der Waals surface area (Å²) in [5.41, 5.74) is 0. The first kappa shape index (κ1) is 11.4. The van der Waals surface area contributed by atoms with Gasteiger partial charge in [-0.1, -0.05) is 6.92 Å². The molecule has 0 bridgehead atoms. The molecule has 88 valence electrons. The van der Waals surface area contributed by atoms with Gasteiger partial charge in [0.25, 0.3) is 0 Å². The van der Waals surface area contributed by atoms with Crippen LogP contribution in [-0.2, 0) is 4.74 Å². The minimum Gasteiger partial charge on any atom is -0.379 e. The zero-order chi connectivity index (χ0) is 10.5. The standard InChI is InChI=1S/C12H24N2O/c1-11(12-2-3-12)10-13-4-5-14-6-8-15-9-7-14/h11-13H,2-10H2,1H3. The van der Waals surface area contributed by atoms with Gasteiger partial charge in [0.15, 0.2) is 0 Å². The van der Waals surface area contributed by atoms with Gasteiger partial charge in [0, 0.05) is 26.2 Å². The Morgan fingerprint density at radius 1 is 1.33 bits per heavy atom. The van der Waals surface area contributed by atoms with Crippen molar-refractivity contribution < 1.29 is 4.74 Å². The average molecular weight is 212 g/mol. The van der Waals surface area contributed by atoms with E-state index in [0.29, 0.717) is 0 Å². The Morgan fingerprint density at radius 2 is 2.07 bits per heavy atom. The van der Waals surface area contributed by atoms with Crippen LogP contribution < -0.4 is 5.32 Å². The molecule has 1 atom stereocenters. The summed E-state index contributed by atoms with van der Waals surface area (Å²) < 4.78 is 5.32. The van der Waals surface area contributed by atoms with Gasteiger partial charge in [0.1, 0.15) is 0 Å². The van der Waals surface area contributed by atoms with E-state index in [-0.39, 0.29) is 0 Å². The van der Waals surface area contributed by atoms with E-state index in [0.717, 1.165) is 44.7 Å². The number of morpholine rings is 1. The summed E-state index contributed by atoms with van der Waals surface area (Å²) in [7, 11) is 0. The molecule has 1 saturated heterocycles. The van der Waals surface area contributed by atoms with Gasteiger partial charge in [-0.3, -0.25) is 4.90 Å². The molecule has 2 aliphatic rings. The van der Waals surface area contributed by atoms with Crippen molar-refractivity contribution in [3.63, 3.8) is 0 Å². The second kappa shape index (κ2) is 5.83. The highest BCUT2D eigenvalue weighted by Gasteiger charge is 2.27. The minimum absolute atomic E-state index is 0.884. The smallest absolute Gasteiger partial charge is 0.0594 e. The second-order valence-corrected chi connectivity index (χ2v) is 4.97. The third-order valence-corrected chi connectivity index (χ3v) is 3.60. The molecule has 1 heterocycles. The molecule has 2 fully saturated rings. The van der Waals surface area contributed by atoms with E-state index in [1.54, 1.807) is 0 Å². The molecule has 0 radical (unpaired) electrons. The molecule has 1 aliphatic carbocycles. The van der Waals surface area contributed by atoms with E-state index in [4.69, 9.17) is 4.74 Å². The molecule has 0 aromatic carbocycles. The van der Waals surface area contributed by atoms with Crippen molar-refractivity contribution in [1.82, 2.24) is 10.2 Å². The van der Waals surface area contributed by atoms with Gasteiger partial charge in [-0.15, -0.1) is 0 Å². The molecule has 3 heteroatoms. The van der Waals surface area contributed by atoms with Gasteiger partial charge >= 0.3 is 0 Å². The van der Waals surface area contributed by atoms with E-state index in [1.807, 2.05) is 0 Å². The molecule has 1 N–H and O–H groups in total. The molecule has 0 aromatic rings. The molecule has 0 aromatic heterocycles. The minimum atomic E-state index is 0.884. The van der Waals surface area contributed by atoms with Crippen molar-refractivity contribution in [2.75, 3.05) is 45.9 Å². The SMILES string of the molecule is CC(CNCCN1CCOCC1)C1CC1. The first-order valence-corrected chi connectivity index (χ1v) is 6.37. The monoisotopic (exact) mass is 212 g/mol. The molecule has 1 aliphatic heterocycles. The largest absolute Gasteiger partial charge is 0.379 e. The fourth-order valence-corrected chi connectivity index (χ4v) is 2.22. The van der Waals surface area contributed by atoms with Crippen LogP contribution in [0.1, 0.15) is 19.8 Å². The number of hydrogen-bond donors (Lipinski definition) is 1. The lowest BCUT2D eigenvalue weighted by Gasteiger charge is -2.26. The molecule has 1 unspecified atom stereocenters. The summed E-state index contributed by atoms with van der Waals surface area (Å²) in [6.45, 7) is 9.95. The van der Waals surface area contributed by atoms with Crippen molar-refractivity contribution in [3.05, 3.63) is 0 Å². The van der Waals surface area contributed by atoms with E-state index in [9.17, 15) is 0 Å². The van der Waals surface area contributed by atoms with E-state index >= 15 is 0 Å². The van der Waals surface area contributed by atoms with Crippen molar-refractivity contribution in [2.45, 2.75) is 19.8 Å². The number of rotatable bonds is 6. The second-order valence-electron chi connectivity index (χ2n) is 4.97. The third kappa shape index (κ3) is 4.09. The lowest BCUT2D eigenvalue weighted by atomic mass is 10.1. The van der Waals surface area contributed by atoms with Gasteiger partial charge < -0.3 is 10.1 Å². The molecule has 3 nitrogen and oxygen atoms in total. The lowest BCUT2D eigenvalue weighted by molar-refractivity contribution is 0.0383. The maximum atomic E-state index is 5.32. The Morgan fingerprint density at radius 3 is 2.73 bits per heavy atom. The van der Waals surface area contributed by atoms with Crippen LogP contribution in [0.2, 0.25) is 0 Å². The number of hydrogen-bond acceptors (Lipinski definition) is 3. The molecular weight excluding hydrogens is 188 g/mol. The Labute approximate surface area is 93.2 Å². The number of ether oxygens (including phenoxy) is 1. The van der Waals surface area contributed by atoms with Gasteiger partial charge in [0.05, 0.1) is 13.2 Å². The fraction of sp³-hybridized carbons (Fsp3) is 1.00. The highest BCUT2D eigenvalue weighted by atomic mass is 16.5. The predicted octanol–water partition coefficient (Wildman–Crippen LogP) is 0.954. The van der Waals surface area contributed by atoms with Crippen LogP contribution in [0.4, 0.5) is 0 Å². The van der Waals surface area contributed by atoms with Crippen molar-refractivity contribution in [3.8, 4) is 0 Å². The highest BCUT2D eigenvalue weighted by Crippen LogP contribution is 2.35. The summed E-state index contributed by atoms with van der Waals surface area (Å²) >= 11 is 0. The maximum Gasteiger partial charge on any atom is 0.0594 e. The Hall–Kier alpha value is -0.120. The normalized spacial score (nSPS) is 25.4. The molecule has 0 amide bonds. The van der Waals surface area contributed by atoms with Crippen LogP contribution in [0.5, 0.6) is 0 Å². The fourth-order valence-electron chi connectivity index (χ4n) is 2.22. The van der Waals surface area contributed by atoms with Crippen LogP contribution in [0.3, 0.4) is 0 Å². The van der Waals surface area contributed by atoms with Crippen LogP contribution in [-0.4, -0.2) is 50.8 Å². The van der Waals surface area contributed by atoms with E-state index in [2.05, 4.69) is 17.1 Å². The van der Waals surface area contributed by atoms with Crippen molar-refractivity contribution in [2.24, 2.45) is 11.8 Å². The number of nitrogens with zero attached hydrogens (tertiary/aromatic N) is 1. The lowest BCUT2D eigenvalue weighted by Crippen LogP contribution is -2.40. The highest BCUT2D eigenvalue weighted by molar-refractivity contribution is 4.79. The quantitative estimate of drug-likeness (QED) is 0.664. The molecular formula is C12H24N2O. The summed E-state index contributed by atoms with van der Waals surface area (Å²) in [5, 5.41) is 3.57. The molecule has 15 heavy (non-hydrogen) atoms. The summed E-state index contributed by atoms with van der Waals surface area (Å²) in [6, 6.07) is 0. The zero-order valence-corrected chi connectivity index (χ0v) is 9.87. The topological polar surface area (TPSA) is 24.5 Å². The summed E-state index contributed by atoms with van der Waals surface area (Å²) in [4.78, 5) is 2.48. The van der Waals surface area contributed by atoms with Gasteiger partial charge in [-0.2, -0.15) is 0 Å². The average Bonchev–Trinajstić information content (AvgIpc) is 3.09. The summed E-state index contributed by atoms with van der Waals surface area (Å²) in [5.74, 6) is 1.91. The van der Waals surface area contributed by atoms with Gasteiger partial charge in [0.2, 0.25) is 0 Å². The van der Waals surface area contributed by atoms with Crippen molar-refractivity contribution in [1.29, 1.82) is 0 Å². The predicted molar refractivity (Wildman–Crippen MR) is 62.0 cm³/mol. The van der Waals surface area contributed by atoms with Crippen LogP contribution in [0, 0.1) is 11.8 Å². The molecule has 2 rings (SSSR count). The van der Waals surface area contributed by atoms with Crippen LogP contribution in [0.15, 0.2) is 0 Å². The Balaban J connectivity index is 1.46. The third-order valence-electron chi connectivity index (χ3n) is 3.60. The van der Waals surface area contributed by atoms with Crippen molar-refractivity contribution >= 4 is 0 Å². The Kier molecular flexibility index (Phi) is 4.42. The molecule has 0 spiro atoms. The zero-order valence-electron chi connectivity index (χ0n) is 9.87. The molecule has 1 saturated carbocycles. The maximum absolute atomic E-state index is 5.32. The van der Waals surface area contributed by atoms with Crippen LogP contribution in [0.25, 0.3) is 0 Å². The summed E-state index contributed by atoms with van der Waals surface area (Å²) in [6.07, 6.45) is 2.93. The van der Waals surface area contributed by atoms with Crippen LogP contribution >= 0.6 is 0 Å². The first-order chi connectivity index (χ1) is 7.36. The van der Waals surface area contributed by atoms with E-state index < -0.39 is 0 Å². The number of nitrogens with one attached hydrogen (secondary N) is 1. The van der Waals surface area contributed by atoms with E-state index in [1.165, 1.54) is 25.9 Å².